The van der Waals surface area contributed by atoms with Crippen LogP contribution < -0.4 is 10.4 Å². The second kappa shape index (κ2) is 3.17. The number of nitrogens with two attached hydrogens (primary N) is 1. The predicted molar refractivity (Wildman–Crippen MR) is 46.1 cm³/mol. The Bertz CT molecular complexity index is 497. The van der Waals surface area contributed by atoms with Gasteiger partial charge in [0.2, 0.25) is 5.65 Å². The molecule has 0 radical (unpaired) electrons. The van der Waals surface area contributed by atoms with Crippen LogP contribution in [0.2, 0.25) is 0 Å². The minimum absolute atomic E-state index is 0.186. The lowest BCUT2D eigenvalue weighted by Crippen LogP contribution is -2.03. The summed E-state index contributed by atoms with van der Waals surface area (Å²) in [4.78, 5) is 19.8. The number of aromatic nitrogens is 4. The van der Waals surface area contributed by atoms with Gasteiger partial charge in [-0.05, 0) is 0 Å². The zero-order valence-corrected chi connectivity index (χ0v) is 7.63. The maximum atomic E-state index is 10.4. The smallest absolute Gasteiger partial charge is 0.382 e. The first-order chi connectivity index (χ1) is 6.68. The molecule has 0 spiro atoms. The van der Waals surface area contributed by atoms with E-state index in [1.807, 2.05) is 0 Å². The maximum absolute atomic E-state index is 10.4. The summed E-state index contributed by atoms with van der Waals surface area (Å²) in [7, 11) is -2.76. The second-order valence-electron chi connectivity index (χ2n) is 2.32. The van der Waals surface area contributed by atoms with Gasteiger partial charge in [-0.3, -0.25) is 0 Å². The predicted octanol–water partition coefficient (Wildman–Crippen LogP) is -0.513. The summed E-state index contributed by atoms with van der Waals surface area (Å²) in [6.07, 6.45) is 2.41. The van der Waals surface area contributed by atoms with E-state index < -0.39 is 8.25 Å². The van der Waals surface area contributed by atoms with Gasteiger partial charge in [0.25, 0.3) is 0 Å². The molecule has 0 saturated heterocycles. The standard InChI is InChI=1S/C5H4N5O3P/c6-4-3-5(8-1-7-4)10(2-9-3)13-14(11)12/h1-2H,(H2-,6,7,8,11,12)/p+1. The van der Waals surface area contributed by atoms with Crippen LogP contribution in [0.1, 0.15) is 0 Å². The van der Waals surface area contributed by atoms with E-state index in [9.17, 15) is 4.57 Å². The van der Waals surface area contributed by atoms with E-state index in [0.717, 1.165) is 4.73 Å². The van der Waals surface area contributed by atoms with E-state index in [1.165, 1.54) is 12.7 Å². The largest absolute Gasteiger partial charge is 0.768 e. The van der Waals surface area contributed by atoms with Crippen LogP contribution in [0.4, 0.5) is 5.82 Å². The number of fused-ring (bicyclic) bond motifs is 1. The van der Waals surface area contributed by atoms with Gasteiger partial charge >= 0.3 is 8.25 Å². The number of hydrogen-bond donors (Lipinski definition) is 2. The van der Waals surface area contributed by atoms with E-state index in [1.54, 1.807) is 0 Å². The van der Waals surface area contributed by atoms with Gasteiger partial charge in [-0.1, -0.05) is 4.73 Å². The van der Waals surface area contributed by atoms with Crippen molar-refractivity contribution in [2.45, 2.75) is 0 Å². The first-order valence-corrected chi connectivity index (χ1v) is 4.59. The van der Waals surface area contributed by atoms with Crippen LogP contribution in [-0.4, -0.2) is 24.6 Å². The number of hydrogen-bond acceptors (Lipinski definition) is 6. The van der Waals surface area contributed by atoms with Crippen LogP contribution in [0.3, 0.4) is 0 Å². The molecule has 0 fully saturated rings. The zero-order valence-electron chi connectivity index (χ0n) is 6.73. The average molecular weight is 214 g/mol. The van der Waals surface area contributed by atoms with Crippen LogP contribution in [-0.2, 0) is 4.57 Å². The Morgan fingerprint density at radius 2 is 2.29 bits per heavy atom. The molecule has 3 N–H and O–H groups in total. The lowest BCUT2D eigenvalue weighted by molar-refractivity contribution is 0.258. The first kappa shape index (κ1) is 8.79. The van der Waals surface area contributed by atoms with Gasteiger partial charge in [-0.2, -0.15) is 0 Å². The van der Waals surface area contributed by atoms with Crippen LogP contribution in [0, 0.1) is 0 Å². The van der Waals surface area contributed by atoms with Crippen molar-refractivity contribution in [3.8, 4) is 0 Å². The van der Waals surface area contributed by atoms with Gasteiger partial charge in [-0.15, -0.1) is 9.52 Å². The van der Waals surface area contributed by atoms with Gasteiger partial charge in [0.15, 0.2) is 11.3 Å². The van der Waals surface area contributed by atoms with Crippen LogP contribution in [0.15, 0.2) is 12.7 Å². The molecule has 0 aliphatic carbocycles. The molecular weight excluding hydrogens is 209 g/mol. The minimum Gasteiger partial charge on any atom is -0.382 e. The van der Waals surface area contributed by atoms with Crippen LogP contribution in [0.25, 0.3) is 11.2 Å². The molecule has 0 aliphatic rings. The zero-order chi connectivity index (χ0) is 10.1. The quantitative estimate of drug-likeness (QED) is 0.646. The fourth-order valence-electron chi connectivity index (χ4n) is 0.968. The summed E-state index contributed by atoms with van der Waals surface area (Å²) in [5, 5.41) is 0. The summed E-state index contributed by atoms with van der Waals surface area (Å²) >= 11 is 0. The Kier molecular flexibility index (Phi) is 1.99. The van der Waals surface area contributed by atoms with Gasteiger partial charge < -0.3 is 5.73 Å². The fourth-order valence-corrected chi connectivity index (χ4v) is 1.24. The summed E-state index contributed by atoms with van der Waals surface area (Å²) in [6, 6.07) is 0. The molecule has 9 heteroatoms. The summed E-state index contributed by atoms with van der Waals surface area (Å²) in [6.45, 7) is 0. The van der Waals surface area contributed by atoms with Crippen molar-refractivity contribution >= 4 is 25.2 Å². The average Bonchev–Trinajstić information content (AvgIpc) is 2.49. The Morgan fingerprint density at radius 3 is 3.00 bits per heavy atom. The van der Waals surface area contributed by atoms with E-state index in [-0.39, 0.29) is 11.5 Å². The SMILES string of the molecule is Nc1ncnc2c1ncn2O[P+](=O)O. The molecule has 0 saturated carbocycles. The van der Waals surface area contributed by atoms with Crippen molar-refractivity contribution in [1.82, 2.24) is 19.7 Å². The Labute approximate surface area is 78.3 Å². The molecule has 2 aromatic heterocycles. The van der Waals surface area contributed by atoms with Crippen LogP contribution in [0.5, 0.6) is 0 Å². The van der Waals surface area contributed by atoms with Crippen molar-refractivity contribution < 1.29 is 14.1 Å². The maximum Gasteiger partial charge on any atom is 0.768 e. The van der Waals surface area contributed by atoms with Gasteiger partial charge in [0.05, 0.1) is 0 Å². The molecule has 1 atom stereocenters. The highest BCUT2D eigenvalue weighted by molar-refractivity contribution is 7.32. The van der Waals surface area contributed by atoms with E-state index in [4.69, 9.17) is 10.6 Å². The van der Waals surface area contributed by atoms with Crippen molar-refractivity contribution in [3.05, 3.63) is 12.7 Å². The third-order valence-electron chi connectivity index (χ3n) is 1.49. The minimum atomic E-state index is -2.76. The summed E-state index contributed by atoms with van der Waals surface area (Å²) < 4.78 is 15.9. The molecule has 2 rings (SSSR count). The number of nitrogens with zero attached hydrogens (tertiary/aromatic N) is 4. The van der Waals surface area contributed by atoms with E-state index in [2.05, 4.69) is 19.6 Å². The highest BCUT2D eigenvalue weighted by atomic mass is 31.1. The lowest BCUT2D eigenvalue weighted by atomic mass is 10.5. The summed E-state index contributed by atoms with van der Waals surface area (Å²) in [5.41, 5.74) is 6.05. The third-order valence-corrected chi connectivity index (χ3v) is 1.81. The van der Waals surface area contributed by atoms with E-state index in [0.29, 0.717) is 5.52 Å². The molecule has 2 heterocycles. The molecule has 0 amide bonds. The van der Waals surface area contributed by atoms with Crippen molar-refractivity contribution in [2.75, 3.05) is 5.73 Å². The topological polar surface area (TPSA) is 116 Å². The fraction of sp³-hybridized carbons (Fsp3) is 0. The van der Waals surface area contributed by atoms with Gasteiger partial charge in [-0.25, -0.2) is 15.0 Å². The molecular formula is C5H5N5O3P+. The molecule has 1 unspecified atom stereocenters. The molecule has 72 valence electrons. The van der Waals surface area contributed by atoms with E-state index >= 15 is 0 Å². The highest BCUT2D eigenvalue weighted by Crippen LogP contribution is 2.17. The lowest BCUT2D eigenvalue weighted by Gasteiger charge is -1.92. The molecule has 14 heavy (non-hydrogen) atoms. The van der Waals surface area contributed by atoms with Crippen molar-refractivity contribution in [2.24, 2.45) is 0 Å². The van der Waals surface area contributed by atoms with Gasteiger partial charge in [0, 0.05) is 4.57 Å². The monoisotopic (exact) mass is 214 g/mol. The molecule has 8 nitrogen and oxygen atoms in total. The van der Waals surface area contributed by atoms with Crippen molar-refractivity contribution in [1.29, 1.82) is 0 Å². The Hall–Kier alpha value is -1.79. The molecule has 0 aliphatic heterocycles. The van der Waals surface area contributed by atoms with Crippen LogP contribution >= 0.6 is 8.25 Å². The highest BCUT2D eigenvalue weighted by Gasteiger charge is 2.18. The first-order valence-electron chi connectivity index (χ1n) is 3.46. The third kappa shape index (κ3) is 1.36. The van der Waals surface area contributed by atoms with Gasteiger partial charge in [0.1, 0.15) is 12.7 Å². The number of imidazole rings is 1. The molecule has 0 aromatic carbocycles. The normalized spacial score (nSPS) is 11.6. The molecule has 2 aromatic rings. The second-order valence-corrected chi connectivity index (χ2v) is 2.96. The Balaban J connectivity index is 2.58. The summed E-state index contributed by atoms with van der Waals surface area (Å²) in [5.74, 6) is 0.186. The number of anilines is 1. The molecule has 0 bridgehead atoms. The number of rotatable bonds is 2. The van der Waals surface area contributed by atoms with Crippen molar-refractivity contribution in [3.63, 3.8) is 0 Å². The Morgan fingerprint density at radius 1 is 1.50 bits per heavy atom. The number of nitrogen functional groups attached to an aromatic ring is 1.